The van der Waals surface area contributed by atoms with E-state index in [1.807, 2.05) is 12.1 Å². The predicted octanol–water partition coefficient (Wildman–Crippen LogP) is 4.06. The zero-order valence-electron chi connectivity index (χ0n) is 14.2. The van der Waals surface area contributed by atoms with E-state index in [-0.39, 0.29) is 12.3 Å². The first kappa shape index (κ1) is 18.5. The Bertz CT molecular complexity index is 954. The fourth-order valence-electron chi connectivity index (χ4n) is 2.43. The molecule has 0 aliphatic heterocycles. The molecular weight excluding hydrogens is 368 g/mol. The second-order valence-corrected chi connectivity index (χ2v) is 6.18. The van der Waals surface area contributed by atoms with Crippen LogP contribution >= 0.6 is 11.6 Å². The lowest BCUT2D eigenvalue weighted by Gasteiger charge is -2.07. The smallest absolute Gasteiger partial charge is 0.316 e. The number of aryl methyl sites for hydroxylation is 1. The van der Waals surface area contributed by atoms with Gasteiger partial charge in [0.05, 0.1) is 6.20 Å². The van der Waals surface area contributed by atoms with Gasteiger partial charge in [0.25, 0.3) is 0 Å². The zero-order chi connectivity index (χ0) is 19.2. The lowest BCUT2D eigenvalue weighted by molar-refractivity contribution is -0.116. The number of benzene rings is 2. The highest BCUT2D eigenvalue weighted by Gasteiger charge is 2.10. The fourth-order valence-corrected chi connectivity index (χ4v) is 2.56. The number of hydrogen-bond acceptors (Lipinski definition) is 4. The highest BCUT2D eigenvalue weighted by Crippen LogP contribution is 2.23. The molecule has 0 atom stereocenters. The van der Waals surface area contributed by atoms with Crippen LogP contribution in [0.3, 0.4) is 0 Å². The van der Waals surface area contributed by atoms with Crippen molar-refractivity contribution in [2.45, 2.75) is 12.8 Å². The summed E-state index contributed by atoms with van der Waals surface area (Å²) in [6.45, 7) is 0. The lowest BCUT2D eigenvalue weighted by atomic mass is 10.2. The fraction of sp³-hybridized carbons (Fsp3) is 0.105. The molecule has 2 aromatic carbocycles. The number of carbonyl (C=O) groups is 2. The number of urea groups is 1. The number of nitrogens with two attached hydrogens (primary N) is 1. The number of halogens is 1. The molecule has 0 aliphatic rings. The topological polar surface area (TPSA) is 110 Å². The quantitative estimate of drug-likeness (QED) is 0.595. The number of nitrogens with zero attached hydrogens (tertiary/aromatic N) is 1. The van der Waals surface area contributed by atoms with Gasteiger partial charge in [-0.2, -0.15) is 0 Å². The van der Waals surface area contributed by atoms with Crippen molar-refractivity contribution in [2.24, 2.45) is 5.73 Å². The van der Waals surface area contributed by atoms with Crippen molar-refractivity contribution in [1.29, 1.82) is 0 Å². The summed E-state index contributed by atoms with van der Waals surface area (Å²) in [7, 11) is 0. The van der Waals surface area contributed by atoms with Crippen molar-refractivity contribution in [3.63, 3.8) is 0 Å². The van der Waals surface area contributed by atoms with E-state index < -0.39 is 6.03 Å². The van der Waals surface area contributed by atoms with Crippen LogP contribution in [0.15, 0.2) is 59.1 Å². The van der Waals surface area contributed by atoms with Gasteiger partial charge in [0.15, 0.2) is 11.7 Å². The first-order valence-electron chi connectivity index (χ1n) is 8.16. The molecule has 3 amide bonds. The molecule has 1 heterocycles. The molecule has 0 spiro atoms. The minimum absolute atomic E-state index is 0.197. The Hall–Kier alpha value is -3.32. The molecule has 0 bridgehead atoms. The van der Waals surface area contributed by atoms with Crippen molar-refractivity contribution < 1.29 is 14.0 Å². The van der Waals surface area contributed by atoms with Crippen LogP contribution in [-0.4, -0.2) is 16.9 Å². The summed E-state index contributed by atoms with van der Waals surface area (Å²) >= 11 is 5.87. The summed E-state index contributed by atoms with van der Waals surface area (Å²) in [5, 5.41) is 5.85. The van der Waals surface area contributed by atoms with Gasteiger partial charge in [-0.25, -0.2) is 9.78 Å². The average Bonchev–Trinajstić information content (AvgIpc) is 3.09. The van der Waals surface area contributed by atoms with Gasteiger partial charge in [-0.15, -0.1) is 0 Å². The van der Waals surface area contributed by atoms with Crippen LogP contribution in [0.25, 0.3) is 11.3 Å². The molecule has 0 aliphatic carbocycles. The number of carbonyl (C=O) groups excluding carboxylic acids is 2. The van der Waals surface area contributed by atoms with Gasteiger partial charge in [-0.1, -0.05) is 17.7 Å². The van der Waals surface area contributed by atoms with E-state index in [1.165, 1.54) is 0 Å². The van der Waals surface area contributed by atoms with Crippen LogP contribution in [0, 0.1) is 0 Å². The largest absolute Gasteiger partial charge is 0.441 e. The maximum absolute atomic E-state index is 12.1. The van der Waals surface area contributed by atoms with Crippen molar-refractivity contribution in [3.05, 3.63) is 65.6 Å². The standard InChI is InChI=1S/C19H17ClN4O3/c20-13-6-4-12(5-7-13)16-11-22-18(27-16)9-8-17(25)23-14-2-1-3-15(10-14)24-19(21)26/h1-7,10-11H,8-9H2,(H,23,25)(H3,21,24,26). The third kappa shape index (κ3) is 5.32. The third-order valence-electron chi connectivity index (χ3n) is 3.66. The number of primary amides is 1. The molecular formula is C19H17ClN4O3. The number of oxazole rings is 1. The van der Waals surface area contributed by atoms with Crippen molar-refractivity contribution in [2.75, 3.05) is 10.6 Å². The summed E-state index contributed by atoms with van der Waals surface area (Å²) in [4.78, 5) is 27.2. The normalized spacial score (nSPS) is 10.4. The van der Waals surface area contributed by atoms with Gasteiger partial charge >= 0.3 is 6.03 Å². The molecule has 8 heteroatoms. The van der Waals surface area contributed by atoms with Gasteiger partial charge < -0.3 is 20.8 Å². The number of nitrogens with one attached hydrogen (secondary N) is 2. The molecule has 4 N–H and O–H groups in total. The molecule has 0 saturated carbocycles. The van der Waals surface area contributed by atoms with Gasteiger partial charge in [0.2, 0.25) is 5.91 Å². The number of amides is 3. The Morgan fingerprint density at radius 3 is 2.48 bits per heavy atom. The maximum atomic E-state index is 12.1. The molecule has 27 heavy (non-hydrogen) atoms. The molecule has 0 saturated heterocycles. The van der Waals surface area contributed by atoms with Gasteiger partial charge in [0.1, 0.15) is 0 Å². The third-order valence-corrected chi connectivity index (χ3v) is 3.91. The number of hydrogen-bond donors (Lipinski definition) is 3. The molecule has 3 rings (SSSR count). The van der Waals surface area contributed by atoms with Crippen molar-refractivity contribution in [1.82, 2.24) is 4.98 Å². The number of rotatable bonds is 6. The highest BCUT2D eigenvalue weighted by atomic mass is 35.5. The number of aromatic nitrogens is 1. The Morgan fingerprint density at radius 1 is 1.07 bits per heavy atom. The minimum atomic E-state index is -0.668. The summed E-state index contributed by atoms with van der Waals surface area (Å²) in [5.41, 5.74) is 7.00. The van der Waals surface area contributed by atoms with E-state index in [4.69, 9.17) is 21.8 Å². The predicted molar refractivity (Wildman–Crippen MR) is 104 cm³/mol. The summed E-state index contributed by atoms with van der Waals surface area (Å²) in [6.07, 6.45) is 2.18. The SMILES string of the molecule is NC(=O)Nc1cccc(NC(=O)CCc2ncc(-c3ccc(Cl)cc3)o2)c1. The van der Waals surface area contributed by atoms with Gasteiger partial charge in [-0.3, -0.25) is 4.79 Å². The first-order valence-corrected chi connectivity index (χ1v) is 8.54. The molecule has 1 aromatic heterocycles. The van der Waals surface area contributed by atoms with E-state index >= 15 is 0 Å². The van der Waals surface area contributed by atoms with E-state index in [1.54, 1.807) is 42.6 Å². The monoisotopic (exact) mass is 384 g/mol. The Balaban J connectivity index is 1.55. The van der Waals surface area contributed by atoms with Gasteiger partial charge in [-0.05, 0) is 42.5 Å². The first-order chi connectivity index (χ1) is 13.0. The summed E-state index contributed by atoms with van der Waals surface area (Å²) in [6, 6.07) is 13.3. The Labute approximate surface area is 160 Å². The molecule has 138 valence electrons. The van der Waals surface area contributed by atoms with E-state index in [2.05, 4.69) is 15.6 Å². The van der Waals surface area contributed by atoms with Crippen LogP contribution in [0.4, 0.5) is 16.2 Å². The Morgan fingerprint density at radius 2 is 1.78 bits per heavy atom. The van der Waals surface area contributed by atoms with Crippen molar-refractivity contribution in [3.8, 4) is 11.3 Å². The van der Waals surface area contributed by atoms with Crippen molar-refractivity contribution >= 4 is 34.9 Å². The molecule has 0 unspecified atom stereocenters. The van der Waals surface area contributed by atoms with Crippen LogP contribution in [-0.2, 0) is 11.2 Å². The van der Waals surface area contributed by atoms with Gasteiger partial charge in [0, 0.05) is 34.8 Å². The highest BCUT2D eigenvalue weighted by molar-refractivity contribution is 6.30. The second kappa shape index (κ2) is 8.37. The number of anilines is 2. The van der Waals surface area contributed by atoms with Crippen LogP contribution in [0.5, 0.6) is 0 Å². The minimum Gasteiger partial charge on any atom is -0.441 e. The molecule has 0 radical (unpaired) electrons. The Kier molecular flexibility index (Phi) is 5.73. The van der Waals surface area contributed by atoms with Crippen LogP contribution in [0.1, 0.15) is 12.3 Å². The average molecular weight is 385 g/mol. The van der Waals surface area contributed by atoms with E-state index in [9.17, 15) is 9.59 Å². The lowest BCUT2D eigenvalue weighted by Crippen LogP contribution is -2.19. The van der Waals surface area contributed by atoms with Crippen LogP contribution in [0.2, 0.25) is 5.02 Å². The summed E-state index contributed by atoms with van der Waals surface area (Å²) < 4.78 is 5.68. The van der Waals surface area contributed by atoms with Crippen LogP contribution < -0.4 is 16.4 Å². The molecule has 0 fully saturated rings. The second-order valence-electron chi connectivity index (χ2n) is 5.74. The zero-order valence-corrected chi connectivity index (χ0v) is 15.0. The molecule has 7 nitrogen and oxygen atoms in total. The molecule has 3 aromatic rings. The van der Waals surface area contributed by atoms with E-state index in [0.29, 0.717) is 34.5 Å². The summed E-state index contributed by atoms with van der Waals surface area (Å²) in [5.74, 6) is 0.893. The maximum Gasteiger partial charge on any atom is 0.316 e. The van der Waals surface area contributed by atoms with E-state index in [0.717, 1.165) is 5.56 Å².